The number of rotatable bonds is 5. The molecule has 0 aliphatic carbocycles. The Bertz CT molecular complexity index is 301. The fourth-order valence-electron chi connectivity index (χ4n) is 3.37. The van der Waals surface area contributed by atoms with Crippen LogP contribution in [-0.2, 0) is 9.53 Å². The molecule has 0 bridgehead atoms. The predicted octanol–water partition coefficient (Wildman–Crippen LogP) is 2.32. The van der Waals surface area contributed by atoms with Crippen LogP contribution in [0.4, 0.5) is 0 Å². The van der Waals surface area contributed by atoms with Crippen LogP contribution in [0.15, 0.2) is 0 Å². The molecule has 3 atom stereocenters. The minimum absolute atomic E-state index is 0.0570. The van der Waals surface area contributed by atoms with Crippen molar-refractivity contribution in [3.63, 3.8) is 0 Å². The molecule has 2 heterocycles. The second-order valence-corrected chi connectivity index (χ2v) is 6.28. The summed E-state index contributed by atoms with van der Waals surface area (Å²) in [5.41, 5.74) is 0. The minimum Gasteiger partial charge on any atom is -0.378 e. The SMILES string of the molecule is CCCC1CC(NC(C)C(=O)N2CCCCC2)CCO1. The van der Waals surface area contributed by atoms with Gasteiger partial charge >= 0.3 is 0 Å². The lowest BCUT2D eigenvalue weighted by Gasteiger charge is -2.34. The van der Waals surface area contributed by atoms with Crippen molar-refractivity contribution in [3.8, 4) is 0 Å². The standard InChI is InChI=1S/C16H30N2O2/c1-3-7-15-12-14(8-11-20-15)17-13(2)16(19)18-9-5-4-6-10-18/h13-15,17H,3-12H2,1-2H3. The van der Waals surface area contributed by atoms with E-state index in [-0.39, 0.29) is 11.9 Å². The van der Waals surface area contributed by atoms with Gasteiger partial charge in [-0.2, -0.15) is 0 Å². The molecule has 0 radical (unpaired) electrons. The van der Waals surface area contributed by atoms with E-state index in [1.54, 1.807) is 0 Å². The van der Waals surface area contributed by atoms with Crippen molar-refractivity contribution in [1.82, 2.24) is 10.2 Å². The Labute approximate surface area is 123 Å². The van der Waals surface area contributed by atoms with E-state index in [4.69, 9.17) is 4.74 Å². The van der Waals surface area contributed by atoms with Crippen molar-refractivity contribution in [3.05, 3.63) is 0 Å². The molecule has 3 unspecified atom stereocenters. The van der Waals surface area contributed by atoms with Crippen molar-refractivity contribution < 1.29 is 9.53 Å². The van der Waals surface area contributed by atoms with E-state index in [2.05, 4.69) is 12.2 Å². The van der Waals surface area contributed by atoms with E-state index in [1.807, 2.05) is 11.8 Å². The zero-order valence-electron chi connectivity index (χ0n) is 13.1. The molecule has 1 amide bonds. The number of likely N-dealkylation sites (tertiary alicyclic amines) is 1. The van der Waals surface area contributed by atoms with Crippen molar-refractivity contribution in [1.29, 1.82) is 0 Å². The molecule has 2 rings (SSSR count). The number of hydrogen-bond acceptors (Lipinski definition) is 3. The normalized spacial score (nSPS) is 29.2. The summed E-state index contributed by atoms with van der Waals surface area (Å²) in [6.45, 7) is 6.92. The zero-order valence-corrected chi connectivity index (χ0v) is 13.1. The molecule has 1 N–H and O–H groups in total. The van der Waals surface area contributed by atoms with Crippen LogP contribution >= 0.6 is 0 Å². The lowest BCUT2D eigenvalue weighted by atomic mass is 9.99. The topological polar surface area (TPSA) is 41.6 Å². The second-order valence-electron chi connectivity index (χ2n) is 6.28. The van der Waals surface area contributed by atoms with Crippen LogP contribution in [0.3, 0.4) is 0 Å². The van der Waals surface area contributed by atoms with Gasteiger partial charge in [0, 0.05) is 25.7 Å². The first-order chi connectivity index (χ1) is 9.70. The Morgan fingerprint density at radius 3 is 2.80 bits per heavy atom. The Morgan fingerprint density at radius 1 is 1.35 bits per heavy atom. The van der Waals surface area contributed by atoms with Gasteiger partial charge in [0.15, 0.2) is 0 Å². The number of nitrogens with one attached hydrogen (secondary N) is 1. The predicted molar refractivity (Wildman–Crippen MR) is 80.7 cm³/mol. The maximum Gasteiger partial charge on any atom is 0.239 e. The van der Waals surface area contributed by atoms with Gasteiger partial charge < -0.3 is 15.0 Å². The first kappa shape index (κ1) is 15.8. The summed E-state index contributed by atoms with van der Waals surface area (Å²) in [7, 11) is 0. The van der Waals surface area contributed by atoms with Gasteiger partial charge in [0.25, 0.3) is 0 Å². The monoisotopic (exact) mass is 282 g/mol. The molecule has 0 spiro atoms. The van der Waals surface area contributed by atoms with E-state index in [0.29, 0.717) is 12.1 Å². The summed E-state index contributed by atoms with van der Waals surface area (Å²) in [6.07, 6.45) is 8.34. The third kappa shape index (κ3) is 4.45. The number of piperidine rings is 1. The van der Waals surface area contributed by atoms with Crippen LogP contribution in [0.1, 0.15) is 58.8 Å². The Morgan fingerprint density at radius 2 is 2.10 bits per heavy atom. The molecule has 0 saturated carbocycles. The van der Waals surface area contributed by atoms with Gasteiger partial charge in [0.1, 0.15) is 0 Å². The number of amides is 1. The highest BCUT2D eigenvalue weighted by Gasteiger charge is 2.27. The summed E-state index contributed by atoms with van der Waals surface area (Å²) in [4.78, 5) is 14.4. The molecule has 2 aliphatic heterocycles. The molecular weight excluding hydrogens is 252 g/mol. The van der Waals surface area contributed by atoms with Gasteiger partial charge in [-0.1, -0.05) is 13.3 Å². The smallest absolute Gasteiger partial charge is 0.239 e. The summed E-state index contributed by atoms with van der Waals surface area (Å²) in [6, 6.07) is 0.377. The summed E-state index contributed by atoms with van der Waals surface area (Å²) in [5.74, 6) is 0.281. The lowest BCUT2D eigenvalue weighted by molar-refractivity contribution is -0.134. The maximum atomic E-state index is 12.4. The molecule has 0 aromatic heterocycles. The maximum absolute atomic E-state index is 12.4. The van der Waals surface area contributed by atoms with Gasteiger partial charge in [0.05, 0.1) is 12.1 Å². The molecule has 20 heavy (non-hydrogen) atoms. The van der Waals surface area contributed by atoms with E-state index >= 15 is 0 Å². The molecule has 0 aromatic rings. The second kappa shape index (κ2) is 7.99. The van der Waals surface area contributed by atoms with Crippen molar-refractivity contribution >= 4 is 5.91 Å². The van der Waals surface area contributed by atoms with Crippen LogP contribution in [0.25, 0.3) is 0 Å². The minimum atomic E-state index is -0.0570. The largest absolute Gasteiger partial charge is 0.378 e. The van der Waals surface area contributed by atoms with Gasteiger partial charge in [-0.3, -0.25) is 4.79 Å². The lowest BCUT2D eigenvalue weighted by Crippen LogP contribution is -2.51. The van der Waals surface area contributed by atoms with Crippen LogP contribution < -0.4 is 5.32 Å². The van der Waals surface area contributed by atoms with E-state index in [9.17, 15) is 4.79 Å². The number of ether oxygens (including phenoxy) is 1. The number of nitrogens with zero attached hydrogens (tertiary/aromatic N) is 1. The van der Waals surface area contributed by atoms with Crippen molar-refractivity contribution in [2.45, 2.75) is 77.0 Å². The highest BCUT2D eigenvalue weighted by Crippen LogP contribution is 2.19. The molecule has 116 valence electrons. The van der Waals surface area contributed by atoms with Crippen LogP contribution in [-0.4, -0.2) is 48.7 Å². The number of hydrogen-bond donors (Lipinski definition) is 1. The fourth-order valence-corrected chi connectivity index (χ4v) is 3.37. The molecule has 4 nitrogen and oxygen atoms in total. The van der Waals surface area contributed by atoms with Crippen LogP contribution in [0.2, 0.25) is 0 Å². The molecule has 2 aliphatic rings. The van der Waals surface area contributed by atoms with E-state index in [1.165, 1.54) is 12.8 Å². The van der Waals surface area contributed by atoms with Gasteiger partial charge in [0.2, 0.25) is 5.91 Å². The van der Waals surface area contributed by atoms with E-state index in [0.717, 1.165) is 51.8 Å². The average Bonchev–Trinajstić information content (AvgIpc) is 2.48. The van der Waals surface area contributed by atoms with Gasteiger partial charge in [-0.05, 0) is 45.4 Å². The third-order valence-electron chi connectivity index (χ3n) is 4.50. The van der Waals surface area contributed by atoms with Crippen LogP contribution in [0, 0.1) is 0 Å². The number of carbonyl (C=O) groups excluding carboxylic acids is 1. The molecular formula is C16H30N2O2. The Hall–Kier alpha value is -0.610. The van der Waals surface area contributed by atoms with Crippen molar-refractivity contribution in [2.24, 2.45) is 0 Å². The van der Waals surface area contributed by atoms with Gasteiger partial charge in [-0.15, -0.1) is 0 Å². The third-order valence-corrected chi connectivity index (χ3v) is 4.50. The molecule has 2 fully saturated rings. The summed E-state index contributed by atoms with van der Waals surface area (Å²) >= 11 is 0. The zero-order chi connectivity index (χ0) is 14.4. The molecule has 4 heteroatoms. The van der Waals surface area contributed by atoms with E-state index < -0.39 is 0 Å². The highest BCUT2D eigenvalue weighted by molar-refractivity contribution is 5.81. The average molecular weight is 282 g/mol. The quantitative estimate of drug-likeness (QED) is 0.841. The summed E-state index contributed by atoms with van der Waals surface area (Å²) in [5, 5.41) is 3.53. The first-order valence-electron chi connectivity index (χ1n) is 8.37. The van der Waals surface area contributed by atoms with Crippen molar-refractivity contribution in [2.75, 3.05) is 19.7 Å². The van der Waals surface area contributed by atoms with Crippen LogP contribution in [0.5, 0.6) is 0 Å². The Kier molecular flexibility index (Phi) is 6.30. The Balaban J connectivity index is 1.77. The highest BCUT2D eigenvalue weighted by atomic mass is 16.5. The molecule has 2 saturated heterocycles. The first-order valence-corrected chi connectivity index (χ1v) is 8.37. The fraction of sp³-hybridized carbons (Fsp3) is 0.938. The van der Waals surface area contributed by atoms with Gasteiger partial charge in [-0.25, -0.2) is 0 Å². The summed E-state index contributed by atoms with van der Waals surface area (Å²) < 4.78 is 5.77. The number of carbonyl (C=O) groups is 1. The molecule has 0 aromatic carbocycles.